The average Bonchev–Trinajstić information content (AvgIpc) is 2.96. The van der Waals surface area contributed by atoms with Gasteiger partial charge in [0.15, 0.2) is 0 Å². The smallest absolute Gasteiger partial charge is 0.100 e. The van der Waals surface area contributed by atoms with E-state index in [1.807, 2.05) is 17.5 Å². The first-order chi connectivity index (χ1) is 7.79. The predicted molar refractivity (Wildman–Crippen MR) is 63.0 cm³/mol. The summed E-state index contributed by atoms with van der Waals surface area (Å²) >= 11 is 1.60. The second-order valence-corrected chi connectivity index (χ2v) is 4.57. The fourth-order valence-electron chi connectivity index (χ4n) is 1.42. The Kier molecular flexibility index (Phi) is 3.40. The van der Waals surface area contributed by atoms with Crippen LogP contribution in [0.4, 0.5) is 0 Å². The first-order valence-electron chi connectivity index (χ1n) is 5.02. The molecule has 0 bridgehead atoms. The summed E-state index contributed by atoms with van der Waals surface area (Å²) in [6.45, 7) is 2.86. The minimum Gasteiger partial charge on any atom is -0.472 e. The fraction of sp³-hybridized carbons (Fsp3) is 0.250. The van der Waals surface area contributed by atoms with Crippen molar-refractivity contribution in [2.24, 2.45) is 0 Å². The highest BCUT2D eigenvalue weighted by Crippen LogP contribution is 2.17. The van der Waals surface area contributed by atoms with Crippen molar-refractivity contribution in [1.29, 1.82) is 5.26 Å². The summed E-state index contributed by atoms with van der Waals surface area (Å²) in [5.74, 6) is 0. The van der Waals surface area contributed by atoms with Crippen LogP contribution in [0, 0.1) is 11.3 Å². The van der Waals surface area contributed by atoms with Gasteiger partial charge in [-0.2, -0.15) is 5.26 Å². The van der Waals surface area contributed by atoms with E-state index in [1.165, 1.54) is 4.88 Å². The van der Waals surface area contributed by atoms with Crippen LogP contribution in [0.3, 0.4) is 0 Å². The predicted octanol–water partition coefficient (Wildman–Crippen LogP) is 3.06. The maximum absolute atomic E-state index is 8.70. The Bertz CT molecular complexity index is 481. The monoisotopic (exact) mass is 232 g/mol. The van der Waals surface area contributed by atoms with Gasteiger partial charge in [-0.15, -0.1) is 11.3 Å². The zero-order valence-electron chi connectivity index (χ0n) is 8.93. The minimum atomic E-state index is 0.256. The van der Waals surface area contributed by atoms with Crippen molar-refractivity contribution < 1.29 is 4.42 Å². The summed E-state index contributed by atoms with van der Waals surface area (Å²) in [5.41, 5.74) is 1.87. The molecule has 0 saturated carbocycles. The molecule has 0 aromatic carbocycles. The third kappa shape index (κ3) is 2.51. The Morgan fingerprint density at radius 1 is 1.62 bits per heavy atom. The molecule has 2 aromatic heterocycles. The maximum Gasteiger partial charge on any atom is 0.100 e. The zero-order valence-corrected chi connectivity index (χ0v) is 9.75. The van der Waals surface area contributed by atoms with Crippen LogP contribution in [0.1, 0.15) is 29.0 Å². The highest BCUT2D eigenvalue weighted by atomic mass is 32.1. The van der Waals surface area contributed by atoms with Gasteiger partial charge in [0.1, 0.15) is 6.07 Å². The lowest BCUT2D eigenvalue weighted by atomic mass is 10.2. The zero-order chi connectivity index (χ0) is 11.4. The molecule has 4 heteroatoms. The summed E-state index contributed by atoms with van der Waals surface area (Å²) in [5, 5.41) is 14.0. The van der Waals surface area contributed by atoms with Gasteiger partial charge in [-0.05, 0) is 19.1 Å². The molecule has 0 aliphatic heterocycles. The van der Waals surface area contributed by atoms with Gasteiger partial charge in [0.2, 0.25) is 0 Å². The maximum atomic E-state index is 8.70. The molecular weight excluding hydrogens is 220 g/mol. The molecule has 0 saturated heterocycles. The lowest BCUT2D eigenvalue weighted by molar-refractivity contribution is 0.540. The number of nitrogens with zero attached hydrogens (tertiary/aromatic N) is 1. The Balaban J connectivity index is 1.90. The molecule has 1 N–H and O–H groups in total. The van der Waals surface area contributed by atoms with Crippen molar-refractivity contribution in [1.82, 2.24) is 5.32 Å². The van der Waals surface area contributed by atoms with E-state index in [0.717, 1.165) is 17.7 Å². The van der Waals surface area contributed by atoms with Crippen molar-refractivity contribution in [3.8, 4) is 6.07 Å². The molecule has 0 fully saturated rings. The van der Waals surface area contributed by atoms with E-state index in [-0.39, 0.29) is 6.04 Å². The normalized spacial score (nSPS) is 12.2. The topological polar surface area (TPSA) is 49.0 Å². The molecule has 1 unspecified atom stereocenters. The van der Waals surface area contributed by atoms with Gasteiger partial charge >= 0.3 is 0 Å². The summed E-state index contributed by atoms with van der Waals surface area (Å²) in [4.78, 5) is 1.17. The largest absolute Gasteiger partial charge is 0.472 e. The number of furan rings is 1. The Morgan fingerprint density at radius 2 is 2.50 bits per heavy atom. The first kappa shape index (κ1) is 10.9. The minimum absolute atomic E-state index is 0.256. The molecule has 2 aromatic rings. The molecule has 0 radical (unpaired) electrons. The van der Waals surface area contributed by atoms with E-state index in [4.69, 9.17) is 9.68 Å². The third-order valence-corrected chi connectivity index (χ3v) is 3.35. The molecule has 2 heterocycles. The lowest BCUT2D eigenvalue weighted by Gasteiger charge is -2.10. The molecule has 0 amide bonds. The lowest BCUT2D eigenvalue weighted by Crippen LogP contribution is -2.16. The van der Waals surface area contributed by atoms with Gasteiger partial charge in [0, 0.05) is 28.4 Å². The van der Waals surface area contributed by atoms with Crippen molar-refractivity contribution in [2.75, 3.05) is 0 Å². The van der Waals surface area contributed by atoms with Crippen molar-refractivity contribution >= 4 is 11.3 Å². The average molecular weight is 232 g/mol. The van der Waals surface area contributed by atoms with E-state index in [9.17, 15) is 0 Å². The standard InChI is InChI=1S/C12H12N2OS/c1-9(11-2-3-15-7-11)14-6-12-4-10(5-13)8-16-12/h2-4,7-9,14H,6H2,1H3. The van der Waals surface area contributed by atoms with E-state index in [2.05, 4.69) is 18.3 Å². The van der Waals surface area contributed by atoms with E-state index >= 15 is 0 Å². The van der Waals surface area contributed by atoms with E-state index in [1.54, 1.807) is 23.9 Å². The van der Waals surface area contributed by atoms with E-state index in [0.29, 0.717) is 0 Å². The van der Waals surface area contributed by atoms with Gasteiger partial charge in [0.25, 0.3) is 0 Å². The molecule has 1 atom stereocenters. The van der Waals surface area contributed by atoms with Crippen LogP contribution >= 0.6 is 11.3 Å². The number of rotatable bonds is 4. The number of hydrogen-bond acceptors (Lipinski definition) is 4. The first-order valence-corrected chi connectivity index (χ1v) is 5.90. The molecule has 82 valence electrons. The summed E-state index contributed by atoms with van der Waals surface area (Å²) in [6, 6.07) is 6.25. The number of nitriles is 1. The van der Waals surface area contributed by atoms with Gasteiger partial charge in [-0.25, -0.2) is 0 Å². The van der Waals surface area contributed by atoms with Crippen LogP contribution in [0.25, 0.3) is 0 Å². The van der Waals surface area contributed by atoms with Gasteiger partial charge < -0.3 is 9.73 Å². The summed E-state index contributed by atoms with van der Waals surface area (Å²) < 4.78 is 5.03. The summed E-state index contributed by atoms with van der Waals surface area (Å²) in [7, 11) is 0. The van der Waals surface area contributed by atoms with Crippen LogP contribution in [-0.2, 0) is 6.54 Å². The van der Waals surface area contributed by atoms with Crippen LogP contribution in [0.2, 0.25) is 0 Å². The van der Waals surface area contributed by atoms with E-state index < -0.39 is 0 Å². The number of nitrogens with one attached hydrogen (secondary N) is 1. The SMILES string of the molecule is CC(NCc1cc(C#N)cs1)c1ccoc1. The van der Waals surface area contributed by atoms with Crippen LogP contribution in [0.5, 0.6) is 0 Å². The molecule has 3 nitrogen and oxygen atoms in total. The second kappa shape index (κ2) is 4.97. The van der Waals surface area contributed by atoms with Crippen molar-refractivity contribution in [3.63, 3.8) is 0 Å². The molecule has 0 aliphatic carbocycles. The molecule has 16 heavy (non-hydrogen) atoms. The Labute approximate surface area is 98.3 Å². The molecule has 2 rings (SSSR count). The fourth-order valence-corrected chi connectivity index (χ4v) is 2.19. The van der Waals surface area contributed by atoms with Crippen LogP contribution in [0.15, 0.2) is 34.5 Å². The number of hydrogen-bond donors (Lipinski definition) is 1. The van der Waals surface area contributed by atoms with Gasteiger partial charge in [-0.1, -0.05) is 0 Å². The second-order valence-electron chi connectivity index (χ2n) is 3.57. The van der Waals surface area contributed by atoms with Crippen molar-refractivity contribution in [2.45, 2.75) is 19.5 Å². The van der Waals surface area contributed by atoms with Crippen LogP contribution in [-0.4, -0.2) is 0 Å². The third-order valence-electron chi connectivity index (χ3n) is 2.41. The molecular formula is C12H12N2OS. The van der Waals surface area contributed by atoms with Gasteiger partial charge in [0.05, 0.1) is 18.1 Å². The van der Waals surface area contributed by atoms with Crippen molar-refractivity contribution in [3.05, 3.63) is 46.0 Å². The molecule has 0 spiro atoms. The highest BCUT2D eigenvalue weighted by Gasteiger charge is 2.06. The van der Waals surface area contributed by atoms with Gasteiger partial charge in [-0.3, -0.25) is 0 Å². The highest BCUT2D eigenvalue weighted by molar-refractivity contribution is 7.10. The Morgan fingerprint density at radius 3 is 3.12 bits per heavy atom. The quantitative estimate of drug-likeness (QED) is 0.881. The molecule has 0 aliphatic rings. The Hall–Kier alpha value is -1.57. The summed E-state index contributed by atoms with van der Waals surface area (Å²) in [6.07, 6.45) is 3.42. The van der Waals surface area contributed by atoms with Crippen LogP contribution < -0.4 is 5.32 Å². The number of thiophene rings is 1.